The fraction of sp³-hybridized carbons (Fsp3) is 0.273. The van der Waals surface area contributed by atoms with E-state index >= 15 is 0 Å². The molecule has 0 aliphatic carbocycles. The third-order valence-corrected chi connectivity index (χ3v) is 3.29. The number of nitro benzene ring substituents is 1. The van der Waals surface area contributed by atoms with Crippen molar-refractivity contribution in [2.45, 2.75) is 6.42 Å². The summed E-state index contributed by atoms with van der Waals surface area (Å²) in [5, 5.41) is 21.9. The molecule has 0 saturated carbocycles. The van der Waals surface area contributed by atoms with Gasteiger partial charge in [-0.15, -0.1) is 10.2 Å². The second-order valence-electron chi connectivity index (χ2n) is 4.08. The van der Waals surface area contributed by atoms with Crippen molar-refractivity contribution >= 4 is 34.6 Å². The highest BCUT2D eigenvalue weighted by atomic mass is 35.5. The summed E-state index contributed by atoms with van der Waals surface area (Å²) in [6.45, 7) is 0.532. The van der Waals surface area contributed by atoms with Crippen molar-refractivity contribution in [1.29, 1.82) is 0 Å². The van der Waals surface area contributed by atoms with Gasteiger partial charge in [-0.05, 0) is 0 Å². The summed E-state index contributed by atoms with van der Waals surface area (Å²) in [4.78, 5) is 10.1. The van der Waals surface area contributed by atoms with Crippen molar-refractivity contribution in [2.75, 3.05) is 11.9 Å². The van der Waals surface area contributed by atoms with E-state index in [0.717, 1.165) is 5.82 Å². The number of hydrogen-bond acceptors (Lipinski definition) is 5. The summed E-state index contributed by atoms with van der Waals surface area (Å²) in [6.07, 6.45) is 2.24. The number of rotatable bonds is 5. The zero-order chi connectivity index (χ0) is 14.7. The van der Waals surface area contributed by atoms with Crippen molar-refractivity contribution in [3.8, 4) is 0 Å². The number of anilines is 1. The van der Waals surface area contributed by atoms with Gasteiger partial charge in [0, 0.05) is 32.1 Å². The zero-order valence-corrected chi connectivity index (χ0v) is 12.0. The highest BCUT2D eigenvalue weighted by molar-refractivity contribution is 6.39. The Morgan fingerprint density at radius 2 is 2.05 bits per heavy atom. The van der Waals surface area contributed by atoms with Gasteiger partial charge >= 0.3 is 0 Å². The minimum atomic E-state index is -0.541. The van der Waals surface area contributed by atoms with Crippen molar-refractivity contribution in [3.05, 3.63) is 44.4 Å². The van der Waals surface area contributed by atoms with E-state index in [1.165, 1.54) is 12.1 Å². The van der Waals surface area contributed by atoms with Crippen LogP contribution in [-0.2, 0) is 13.5 Å². The Hall–Kier alpha value is -1.86. The summed E-state index contributed by atoms with van der Waals surface area (Å²) in [5.74, 6) is 0.812. The molecule has 0 radical (unpaired) electrons. The van der Waals surface area contributed by atoms with Crippen LogP contribution in [0.25, 0.3) is 0 Å². The maximum Gasteiger partial charge on any atom is 0.272 e. The number of nitro groups is 1. The fourth-order valence-electron chi connectivity index (χ4n) is 1.67. The number of hydrogen-bond donors (Lipinski definition) is 1. The molecular formula is C11H11Cl2N5O2. The second kappa shape index (κ2) is 6.06. The van der Waals surface area contributed by atoms with Crippen molar-refractivity contribution in [2.24, 2.45) is 7.05 Å². The number of benzene rings is 1. The number of nitrogens with one attached hydrogen (secondary N) is 1. The highest BCUT2D eigenvalue weighted by Crippen LogP contribution is 2.34. The zero-order valence-electron chi connectivity index (χ0n) is 10.5. The van der Waals surface area contributed by atoms with E-state index in [1.807, 2.05) is 7.05 Å². The van der Waals surface area contributed by atoms with Crippen LogP contribution in [0.3, 0.4) is 0 Å². The molecular weight excluding hydrogens is 305 g/mol. The lowest BCUT2D eigenvalue weighted by molar-refractivity contribution is -0.384. The molecule has 2 aromatic rings. The van der Waals surface area contributed by atoms with Crippen LogP contribution in [0.5, 0.6) is 0 Å². The van der Waals surface area contributed by atoms with Gasteiger partial charge in [-0.25, -0.2) is 0 Å². The van der Waals surface area contributed by atoms with Gasteiger partial charge in [0.1, 0.15) is 12.2 Å². The van der Waals surface area contributed by atoms with Crippen LogP contribution < -0.4 is 5.32 Å². The van der Waals surface area contributed by atoms with Crippen molar-refractivity contribution < 1.29 is 4.92 Å². The monoisotopic (exact) mass is 315 g/mol. The largest absolute Gasteiger partial charge is 0.382 e. The first kappa shape index (κ1) is 14.5. The van der Waals surface area contributed by atoms with E-state index in [-0.39, 0.29) is 15.7 Å². The van der Waals surface area contributed by atoms with Gasteiger partial charge in [-0.2, -0.15) is 0 Å². The molecule has 2 rings (SSSR count). The average Bonchev–Trinajstić information content (AvgIpc) is 2.78. The Morgan fingerprint density at radius 3 is 2.55 bits per heavy atom. The number of nitrogens with zero attached hydrogens (tertiary/aromatic N) is 4. The summed E-state index contributed by atoms with van der Waals surface area (Å²) < 4.78 is 1.81. The van der Waals surface area contributed by atoms with Crippen molar-refractivity contribution in [3.63, 3.8) is 0 Å². The molecule has 0 amide bonds. The lowest BCUT2D eigenvalue weighted by Crippen LogP contribution is -2.09. The molecule has 106 valence electrons. The smallest absolute Gasteiger partial charge is 0.272 e. The average molecular weight is 316 g/mol. The Morgan fingerprint density at radius 1 is 1.40 bits per heavy atom. The van der Waals surface area contributed by atoms with Gasteiger partial charge in [0.2, 0.25) is 0 Å². The van der Waals surface area contributed by atoms with E-state index in [0.29, 0.717) is 18.7 Å². The minimum Gasteiger partial charge on any atom is -0.382 e. The molecule has 0 aliphatic heterocycles. The molecule has 20 heavy (non-hydrogen) atoms. The number of aromatic nitrogens is 3. The fourth-order valence-corrected chi connectivity index (χ4v) is 2.28. The summed E-state index contributed by atoms with van der Waals surface area (Å²) in [6, 6.07) is 2.52. The first-order valence-electron chi connectivity index (χ1n) is 5.69. The maximum absolute atomic E-state index is 10.7. The van der Waals surface area contributed by atoms with Crippen LogP contribution in [-0.4, -0.2) is 26.2 Å². The summed E-state index contributed by atoms with van der Waals surface area (Å²) >= 11 is 12.0. The van der Waals surface area contributed by atoms with Crippen LogP contribution in [0, 0.1) is 10.1 Å². The Labute approximate surface area is 124 Å². The maximum atomic E-state index is 10.7. The van der Waals surface area contributed by atoms with E-state index in [9.17, 15) is 10.1 Å². The van der Waals surface area contributed by atoms with Crippen LogP contribution in [0.1, 0.15) is 5.82 Å². The lowest BCUT2D eigenvalue weighted by Gasteiger charge is -2.10. The predicted molar refractivity (Wildman–Crippen MR) is 76.3 cm³/mol. The standard InChI is InChI=1S/C11H11Cl2N5O2/c1-17-6-15-16-10(17)2-3-14-11-8(12)4-7(18(19)20)5-9(11)13/h4-6,14H,2-3H2,1H3. The SMILES string of the molecule is Cn1cnnc1CCNc1c(Cl)cc([N+](=O)[O-])cc1Cl. The number of halogens is 2. The molecule has 7 nitrogen and oxygen atoms in total. The topological polar surface area (TPSA) is 85.9 Å². The molecule has 1 aromatic carbocycles. The van der Waals surface area contributed by atoms with E-state index in [4.69, 9.17) is 23.2 Å². The third-order valence-electron chi connectivity index (χ3n) is 2.69. The van der Waals surface area contributed by atoms with Crippen LogP contribution in [0.2, 0.25) is 10.0 Å². The molecule has 9 heteroatoms. The molecule has 0 fully saturated rings. The minimum absolute atomic E-state index is 0.140. The first-order valence-corrected chi connectivity index (χ1v) is 6.45. The van der Waals surface area contributed by atoms with Gasteiger partial charge in [0.25, 0.3) is 5.69 Å². The molecule has 0 spiro atoms. The predicted octanol–water partition coefficient (Wildman–Crippen LogP) is 2.68. The van der Waals surface area contributed by atoms with Crippen LogP contribution in [0.15, 0.2) is 18.5 Å². The van der Waals surface area contributed by atoms with E-state index in [2.05, 4.69) is 15.5 Å². The highest BCUT2D eigenvalue weighted by Gasteiger charge is 2.14. The summed E-state index contributed by atoms with van der Waals surface area (Å²) in [5.41, 5.74) is 0.333. The first-order chi connectivity index (χ1) is 9.49. The number of aryl methyl sites for hydroxylation is 1. The Bertz CT molecular complexity index is 620. The van der Waals surface area contributed by atoms with Gasteiger partial charge in [-0.1, -0.05) is 23.2 Å². The molecule has 1 aromatic heterocycles. The molecule has 0 bridgehead atoms. The number of non-ortho nitro benzene ring substituents is 1. The van der Waals surface area contributed by atoms with Crippen LogP contribution in [0.4, 0.5) is 11.4 Å². The quantitative estimate of drug-likeness (QED) is 0.677. The molecule has 0 unspecified atom stereocenters. The van der Waals surface area contributed by atoms with Gasteiger partial charge < -0.3 is 9.88 Å². The van der Waals surface area contributed by atoms with Crippen molar-refractivity contribution in [1.82, 2.24) is 14.8 Å². The molecule has 0 atom stereocenters. The summed E-state index contributed by atoms with van der Waals surface area (Å²) in [7, 11) is 1.85. The normalized spacial score (nSPS) is 10.6. The molecule has 1 heterocycles. The Kier molecular flexibility index (Phi) is 4.41. The van der Waals surface area contributed by atoms with E-state index in [1.54, 1.807) is 10.9 Å². The second-order valence-corrected chi connectivity index (χ2v) is 4.89. The molecule has 0 saturated heterocycles. The van der Waals surface area contributed by atoms with Gasteiger partial charge in [-0.3, -0.25) is 10.1 Å². The van der Waals surface area contributed by atoms with Crippen LogP contribution >= 0.6 is 23.2 Å². The van der Waals surface area contributed by atoms with Gasteiger partial charge in [0.15, 0.2) is 0 Å². The van der Waals surface area contributed by atoms with E-state index < -0.39 is 4.92 Å². The van der Waals surface area contributed by atoms with Gasteiger partial charge in [0.05, 0.1) is 20.7 Å². The Balaban J connectivity index is 2.06. The molecule has 0 aliphatic rings. The lowest BCUT2D eigenvalue weighted by atomic mass is 10.2. The third kappa shape index (κ3) is 3.17. The molecule has 1 N–H and O–H groups in total.